The number of nitrogens with one attached hydrogen (secondary N) is 1. The molecule has 0 bridgehead atoms. The van der Waals surface area contributed by atoms with Gasteiger partial charge in [-0.1, -0.05) is 18.2 Å². The second-order valence-electron chi connectivity index (χ2n) is 6.86. The average Bonchev–Trinajstić information content (AvgIpc) is 3.15. The molecule has 1 aromatic heterocycles. The number of rotatable bonds is 4. The summed E-state index contributed by atoms with van der Waals surface area (Å²) in [4.78, 5) is 29.7. The molecule has 4 rings (SSSR count). The molecule has 1 N–H and O–H groups in total. The predicted molar refractivity (Wildman–Crippen MR) is 105 cm³/mol. The highest BCUT2D eigenvalue weighted by Gasteiger charge is 2.27. The highest BCUT2D eigenvalue weighted by Crippen LogP contribution is 2.26. The summed E-state index contributed by atoms with van der Waals surface area (Å²) in [5.74, 6) is 1.57. The van der Waals surface area contributed by atoms with Crippen molar-refractivity contribution in [3.63, 3.8) is 0 Å². The first kappa shape index (κ1) is 18.0. The Kier molecular flexibility index (Phi) is 4.97. The molecule has 1 fully saturated rings. The molecular formula is C21H22N4O3. The van der Waals surface area contributed by atoms with Crippen molar-refractivity contribution in [1.29, 1.82) is 0 Å². The lowest BCUT2D eigenvalue weighted by molar-refractivity contribution is 0.0711. The number of methoxy groups -OCH3 is 1. The average molecular weight is 378 g/mol. The summed E-state index contributed by atoms with van der Waals surface area (Å²) in [6, 6.07) is 16.5. The number of hydrogen-bond acceptors (Lipinski definition) is 4. The molecule has 0 atom stereocenters. The molecule has 0 unspecified atom stereocenters. The number of carbonyl (C=O) groups is 1. The van der Waals surface area contributed by atoms with E-state index in [1.54, 1.807) is 31.4 Å². The maximum Gasteiger partial charge on any atom is 0.348 e. The van der Waals surface area contributed by atoms with Gasteiger partial charge in [0, 0.05) is 24.6 Å². The van der Waals surface area contributed by atoms with E-state index >= 15 is 0 Å². The molecule has 144 valence electrons. The van der Waals surface area contributed by atoms with Crippen LogP contribution in [0.1, 0.15) is 34.9 Å². The zero-order valence-electron chi connectivity index (χ0n) is 15.7. The van der Waals surface area contributed by atoms with Crippen LogP contribution in [-0.4, -0.2) is 45.8 Å². The third-order valence-electron chi connectivity index (χ3n) is 5.14. The largest absolute Gasteiger partial charge is 0.497 e. The smallest absolute Gasteiger partial charge is 0.348 e. The van der Waals surface area contributed by atoms with Gasteiger partial charge in [-0.3, -0.25) is 9.78 Å². The van der Waals surface area contributed by atoms with Crippen LogP contribution < -0.4 is 10.4 Å². The molecule has 0 saturated carbocycles. The first-order valence-electron chi connectivity index (χ1n) is 9.33. The van der Waals surface area contributed by atoms with E-state index in [0.717, 1.165) is 24.3 Å². The van der Waals surface area contributed by atoms with Crippen LogP contribution in [0.25, 0.3) is 5.69 Å². The standard InChI is InChI=1S/C21H22N4O3/c1-28-18-9-7-16(8-10-18)20(26)24-13-11-15(12-14-24)19-22-21(27)25(23-19)17-5-3-2-4-6-17/h2-10,15H,11-14H2,1H3,(H,22,23,27). The minimum Gasteiger partial charge on any atom is -0.497 e. The molecule has 0 radical (unpaired) electrons. The molecule has 1 aliphatic rings. The molecule has 0 spiro atoms. The topological polar surface area (TPSA) is 80.2 Å². The molecule has 2 heterocycles. The summed E-state index contributed by atoms with van der Waals surface area (Å²) in [6.07, 6.45) is 1.53. The second-order valence-corrected chi connectivity index (χ2v) is 6.86. The molecule has 28 heavy (non-hydrogen) atoms. The lowest BCUT2D eigenvalue weighted by atomic mass is 9.95. The van der Waals surface area contributed by atoms with E-state index in [1.165, 1.54) is 4.68 Å². The third-order valence-corrected chi connectivity index (χ3v) is 5.14. The highest BCUT2D eigenvalue weighted by molar-refractivity contribution is 5.94. The first-order chi connectivity index (χ1) is 13.7. The Morgan fingerprint density at radius 3 is 2.39 bits per heavy atom. The third kappa shape index (κ3) is 3.55. The fraction of sp³-hybridized carbons (Fsp3) is 0.286. The van der Waals surface area contributed by atoms with Crippen molar-refractivity contribution in [2.24, 2.45) is 0 Å². The lowest BCUT2D eigenvalue weighted by Gasteiger charge is -2.31. The lowest BCUT2D eigenvalue weighted by Crippen LogP contribution is -2.38. The first-order valence-corrected chi connectivity index (χ1v) is 9.33. The second kappa shape index (κ2) is 7.72. The number of benzene rings is 2. The quantitative estimate of drug-likeness (QED) is 0.757. The van der Waals surface area contributed by atoms with Gasteiger partial charge in [0.2, 0.25) is 0 Å². The summed E-state index contributed by atoms with van der Waals surface area (Å²) in [6.45, 7) is 1.27. The maximum absolute atomic E-state index is 12.7. The minimum absolute atomic E-state index is 0.0180. The Bertz CT molecular complexity index is 1000. The van der Waals surface area contributed by atoms with Gasteiger partial charge < -0.3 is 9.64 Å². The number of carbonyl (C=O) groups excluding carboxylic acids is 1. The molecule has 2 aromatic carbocycles. The normalized spacial score (nSPS) is 14.8. The molecule has 1 aliphatic heterocycles. The number of nitrogens with zero attached hydrogens (tertiary/aromatic N) is 3. The highest BCUT2D eigenvalue weighted by atomic mass is 16.5. The van der Waals surface area contributed by atoms with Gasteiger partial charge in [0.25, 0.3) is 5.91 Å². The summed E-state index contributed by atoms with van der Waals surface area (Å²) in [5, 5.41) is 4.48. The number of aromatic nitrogens is 3. The molecular weight excluding hydrogens is 356 g/mol. The van der Waals surface area contributed by atoms with Crippen molar-refractivity contribution in [2.45, 2.75) is 18.8 Å². The predicted octanol–water partition coefficient (Wildman–Crippen LogP) is 2.59. The molecule has 3 aromatic rings. The fourth-order valence-corrected chi connectivity index (χ4v) is 3.54. The van der Waals surface area contributed by atoms with E-state index in [1.807, 2.05) is 35.2 Å². The zero-order chi connectivity index (χ0) is 19.5. The molecule has 7 heteroatoms. The van der Waals surface area contributed by atoms with E-state index in [2.05, 4.69) is 10.1 Å². The number of aromatic amines is 1. The van der Waals surface area contributed by atoms with Crippen LogP contribution in [0.4, 0.5) is 0 Å². The Morgan fingerprint density at radius 2 is 1.75 bits per heavy atom. The maximum atomic E-state index is 12.7. The number of amides is 1. The van der Waals surface area contributed by atoms with Crippen LogP contribution >= 0.6 is 0 Å². The number of para-hydroxylation sites is 1. The molecule has 1 amide bonds. The van der Waals surface area contributed by atoms with Crippen LogP contribution in [0.3, 0.4) is 0 Å². The SMILES string of the molecule is COc1ccc(C(=O)N2CCC(c3nn(-c4ccccc4)c(=O)[nH]3)CC2)cc1. The van der Waals surface area contributed by atoms with Crippen molar-refractivity contribution in [3.05, 3.63) is 76.5 Å². The van der Waals surface area contributed by atoms with Crippen LogP contribution in [0.15, 0.2) is 59.4 Å². The molecule has 0 aliphatic carbocycles. The summed E-state index contributed by atoms with van der Waals surface area (Å²) in [7, 11) is 1.60. The number of ether oxygens (including phenoxy) is 1. The van der Waals surface area contributed by atoms with Gasteiger partial charge in [-0.15, -0.1) is 5.10 Å². The van der Waals surface area contributed by atoms with Crippen molar-refractivity contribution >= 4 is 5.91 Å². The van der Waals surface area contributed by atoms with Gasteiger partial charge in [0.05, 0.1) is 12.8 Å². The van der Waals surface area contributed by atoms with Crippen LogP contribution in [0.5, 0.6) is 5.75 Å². The zero-order valence-corrected chi connectivity index (χ0v) is 15.7. The van der Waals surface area contributed by atoms with Gasteiger partial charge in [0.1, 0.15) is 11.6 Å². The molecule has 7 nitrogen and oxygen atoms in total. The van der Waals surface area contributed by atoms with E-state index in [9.17, 15) is 9.59 Å². The van der Waals surface area contributed by atoms with E-state index in [-0.39, 0.29) is 17.5 Å². The minimum atomic E-state index is -0.238. The van der Waals surface area contributed by atoms with Crippen molar-refractivity contribution < 1.29 is 9.53 Å². The number of hydrogen-bond donors (Lipinski definition) is 1. The fourth-order valence-electron chi connectivity index (χ4n) is 3.54. The summed E-state index contributed by atoms with van der Waals surface area (Å²) < 4.78 is 6.53. The van der Waals surface area contributed by atoms with Crippen molar-refractivity contribution in [1.82, 2.24) is 19.7 Å². The Labute approximate surface area is 162 Å². The number of piperidine rings is 1. The van der Waals surface area contributed by atoms with E-state index in [0.29, 0.717) is 24.5 Å². The monoisotopic (exact) mass is 378 g/mol. The van der Waals surface area contributed by atoms with Gasteiger partial charge in [0.15, 0.2) is 0 Å². The Morgan fingerprint density at radius 1 is 1.07 bits per heavy atom. The van der Waals surface area contributed by atoms with Gasteiger partial charge >= 0.3 is 5.69 Å². The van der Waals surface area contributed by atoms with Gasteiger partial charge in [-0.25, -0.2) is 4.79 Å². The number of likely N-dealkylation sites (tertiary alicyclic amines) is 1. The number of H-pyrrole nitrogens is 1. The van der Waals surface area contributed by atoms with Gasteiger partial charge in [-0.05, 0) is 49.2 Å². The Balaban J connectivity index is 1.43. The Hall–Kier alpha value is -3.35. The van der Waals surface area contributed by atoms with Crippen molar-refractivity contribution in [2.75, 3.05) is 20.2 Å². The van der Waals surface area contributed by atoms with Crippen molar-refractivity contribution in [3.8, 4) is 11.4 Å². The van der Waals surface area contributed by atoms with Crippen LogP contribution in [0.2, 0.25) is 0 Å². The summed E-state index contributed by atoms with van der Waals surface area (Å²) >= 11 is 0. The summed E-state index contributed by atoms with van der Waals surface area (Å²) in [5.41, 5.74) is 1.15. The van der Waals surface area contributed by atoms with Crippen LogP contribution in [0, 0.1) is 0 Å². The van der Waals surface area contributed by atoms with Crippen LogP contribution in [-0.2, 0) is 0 Å². The van der Waals surface area contributed by atoms with E-state index in [4.69, 9.17) is 4.74 Å². The van der Waals surface area contributed by atoms with Gasteiger partial charge in [-0.2, -0.15) is 4.68 Å². The van der Waals surface area contributed by atoms with E-state index < -0.39 is 0 Å². The molecule has 1 saturated heterocycles.